The molecule has 1 unspecified atom stereocenters. The number of benzene rings is 1. The second-order valence-electron chi connectivity index (χ2n) is 4.62. The van der Waals surface area contributed by atoms with Gasteiger partial charge < -0.3 is 5.32 Å². The summed E-state index contributed by atoms with van der Waals surface area (Å²) in [7, 11) is 0. The predicted octanol–water partition coefficient (Wildman–Crippen LogP) is 3.02. The van der Waals surface area contributed by atoms with Crippen molar-refractivity contribution < 1.29 is 4.39 Å². The van der Waals surface area contributed by atoms with Gasteiger partial charge in [-0.2, -0.15) is 0 Å². The Balaban J connectivity index is 1.85. The second-order valence-corrected chi connectivity index (χ2v) is 4.62. The number of hydrogen-bond acceptors (Lipinski definition) is 3. The van der Waals surface area contributed by atoms with Crippen LogP contribution >= 0.6 is 0 Å². The Morgan fingerprint density at radius 1 is 1.28 bits per heavy atom. The molecule has 1 aromatic carbocycles. The highest BCUT2D eigenvalue weighted by Crippen LogP contribution is 2.33. The van der Waals surface area contributed by atoms with Gasteiger partial charge in [-0.1, -0.05) is 6.07 Å². The van der Waals surface area contributed by atoms with E-state index >= 15 is 0 Å². The van der Waals surface area contributed by atoms with E-state index in [1.54, 1.807) is 12.4 Å². The largest absolute Gasteiger partial charge is 0.363 e. The highest BCUT2D eigenvalue weighted by molar-refractivity contribution is 5.43. The van der Waals surface area contributed by atoms with Crippen LogP contribution in [0.1, 0.15) is 29.3 Å². The average Bonchev–Trinajstić information content (AvgIpc) is 2.72. The summed E-state index contributed by atoms with van der Waals surface area (Å²) in [5.41, 5.74) is 3.20. The monoisotopic (exact) mass is 243 g/mol. The number of fused-ring (bicyclic) bond motifs is 1. The van der Waals surface area contributed by atoms with Crippen LogP contribution in [-0.2, 0) is 6.42 Å². The quantitative estimate of drug-likeness (QED) is 0.881. The third-order valence-electron chi connectivity index (χ3n) is 3.31. The van der Waals surface area contributed by atoms with Gasteiger partial charge in [-0.15, -0.1) is 0 Å². The molecule has 0 radical (unpaired) electrons. The van der Waals surface area contributed by atoms with Gasteiger partial charge in [-0.05, 0) is 43.0 Å². The summed E-state index contributed by atoms with van der Waals surface area (Å²) in [5, 5.41) is 3.38. The first-order chi connectivity index (χ1) is 8.72. The minimum absolute atomic E-state index is 0.160. The molecule has 0 amide bonds. The van der Waals surface area contributed by atoms with Gasteiger partial charge in [0.1, 0.15) is 18.0 Å². The minimum Gasteiger partial charge on any atom is -0.363 e. The SMILES string of the molecule is Cc1cc(NC2CCc3cc(F)ccc32)ncn1. The number of anilines is 1. The van der Waals surface area contributed by atoms with Crippen molar-refractivity contribution in [2.45, 2.75) is 25.8 Å². The predicted molar refractivity (Wildman–Crippen MR) is 67.9 cm³/mol. The molecule has 92 valence electrons. The number of hydrogen-bond donors (Lipinski definition) is 1. The summed E-state index contributed by atoms with van der Waals surface area (Å²) in [5.74, 6) is 0.664. The van der Waals surface area contributed by atoms with E-state index in [2.05, 4.69) is 15.3 Å². The molecule has 3 nitrogen and oxygen atoms in total. The lowest BCUT2D eigenvalue weighted by molar-refractivity contribution is 0.626. The highest BCUT2D eigenvalue weighted by Gasteiger charge is 2.22. The van der Waals surface area contributed by atoms with E-state index in [0.29, 0.717) is 0 Å². The normalized spacial score (nSPS) is 17.6. The van der Waals surface area contributed by atoms with Crippen molar-refractivity contribution >= 4 is 5.82 Å². The number of rotatable bonds is 2. The fraction of sp³-hybridized carbons (Fsp3) is 0.286. The molecular weight excluding hydrogens is 229 g/mol. The molecule has 4 heteroatoms. The van der Waals surface area contributed by atoms with Crippen LogP contribution in [0.4, 0.5) is 10.2 Å². The zero-order valence-corrected chi connectivity index (χ0v) is 10.2. The van der Waals surface area contributed by atoms with Gasteiger partial charge in [0.25, 0.3) is 0 Å². The Bertz CT molecular complexity index is 583. The van der Waals surface area contributed by atoms with Crippen molar-refractivity contribution in [2.24, 2.45) is 0 Å². The lowest BCUT2D eigenvalue weighted by Crippen LogP contribution is -2.08. The Morgan fingerprint density at radius 2 is 2.17 bits per heavy atom. The van der Waals surface area contributed by atoms with E-state index < -0.39 is 0 Å². The number of halogens is 1. The van der Waals surface area contributed by atoms with Gasteiger partial charge in [0.05, 0.1) is 6.04 Å². The Labute approximate surface area is 105 Å². The Kier molecular flexibility index (Phi) is 2.70. The molecular formula is C14H14FN3. The molecule has 0 aliphatic heterocycles. The van der Waals surface area contributed by atoms with Crippen LogP contribution < -0.4 is 5.32 Å². The van der Waals surface area contributed by atoms with Gasteiger partial charge in [-0.25, -0.2) is 14.4 Å². The zero-order chi connectivity index (χ0) is 12.5. The molecule has 1 aliphatic carbocycles. The first kappa shape index (κ1) is 11.1. The third kappa shape index (κ3) is 2.06. The van der Waals surface area contributed by atoms with E-state index in [9.17, 15) is 4.39 Å². The minimum atomic E-state index is -0.160. The number of nitrogens with one attached hydrogen (secondary N) is 1. The van der Waals surface area contributed by atoms with Gasteiger partial charge in [0.15, 0.2) is 0 Å². The number of aromatic nitrogens is 2. The van der Waals surface area contributed by atoms with Crippen LogP contribution in [0.15, 0.2) is 30.6 Å². The summed E-state index contributed by atoms with van der Waals surface area (Å²) >= 11 is 0. The van der Waals surface area contributed by atoms with Gasteiger partial charge in [-0.3, -0.25) is 0 Å². The maximum atomic E-state index is 13.1. The van der Waals surface area contributed by atoms with Gasteiger partial charge >= 0.3 is 0 Å². The molecule has 1 atom stereocenters. The first-order valence-electron chi connectivity index (χ1n) is 6.06. The maximum absolute atomic E-state index is 13.1. The molecule has 3 rings (SSSR count). The van der Waals surface area contributed by atoms with Crippen molar-refractivity contribution in [2.75, 3.05) is 5.32 Å². The fourth-order valence-electron chi connectivity index (χ4n) is 2.45. The topological polar surface area (TPSA) is 37.8 Å². The molecule has 0 fully saturated rings. The molecule has 0 saturated heterocycles. The Hall–Kier alpha value is -1.97. The standard InChI is InChI=1S/C14H14FN3/c1-9-6-14(17-8-16-9)18-13-5-2-10-7-11(15)3-4-12(10)13/h3-4,6-8,13H,2,5H2,1H3,(H,16,17,18). The first-order valence-corrected chi connectivity index (χ1v) is 6.06. The molecule has 1 aliphatic rings. The highest BCUT2D eigenvalue weighted by atomic mass is 19.1. The lowest BCUT2D eigenvalue weighted by atomic mass is 10.1. The molecule has 18 heavy (non-hydrogen) atoms. The van der Waals surface area contributed by atoms with E-state index in [1.807, 2.05) is 19.1 Å². The number of aryl methyl sites for hydroxylation is 2. The molecule has 2 aromatic rings. The summed E-state index contributed by atoms with van der Waals surface area (Å²) < 4.78 is 13.1. The van der Waals surface area contributed by atoms with Crippen LogP contribution in [0.2, 0.25) is 0 Å². The van der Waals surface area contributed by atoms with E-state index in [-0.39, 0.29) is 11.9 Å². The fourth-order valence-corrected chi connectivity index (χ4v) is 2.45. The van der Waals surface area contributed by atoms with Crippen LogP contribution in [0.25, 0.3) is 0 Å². The second kappa shape index (κ2) is 4.37. The molecule has 0 saturated carbocycles. The van der Waals surface area contributed by atoms with Crippen molar-refractivity contribution in [3.63, 3.8) is 0 Å². The van der Waals surface area contributed by atoms with Crippen LogP contribution in [0, 0.1) is 12.7 Å². The van der Waals surface area contributed by atoms with Crippen molar-refractivity contribution in [3.8, 4) is 0 Å². The lowest BCUT2D eigenvalue weighted by Gasteiger charge is -2.14. The van der Waals surface area contributed by atoms with Gasteiger partial charge in [0.2, 0.25) is 0 Å². The van der Waals surface area contributed by atoms with Crippen LogP contribution in [0.3, 0.4) is 0 Å². The van der Waals surface area contributed by atoms with Crippen LogP contribution in [-0.4, -0.2) is 9.97 Å². The molecule has 1 heterocycles. The summed E-state index contributed by atoms with van der Waals surface area (Å²) in [6.07, 6.45) is 3.44. The third-order valence-corrected chi connectivity index (χ3v) is 3.31. The van der Waals surface area contributed by atoms with Crippen molar-refractivity contribution in [1.29, 1.82) is 0 Å². The van der Waals surface area contributed by atoms with Crippen molar-refractivity contribution in [1.82, 2.24) is 9.97 Å². The smallest absolute Gasteiger partial charge is 0.130 e. The average molecular weight is 243 g/mol. The summed E-state index contributed by atoms with van der Waals surface area (Å²) in [6.45, 7) is 1.94. The van der Waals surface area contributed by atoms with Crippen molar-refractivity contribution in [3.05, 3.63) is 53.2 Å². The van der Waals surface area contributed by atoms with E-state index in [1.165, 1.54) is 11.6 Å². The van der Waals surface area contributed by atoms with E-state index in [0.717, 1.165) is 29.9 Å². The molecule has 0 spiro atoms. The number of nitrogens with zero attached hydrogens (tertiary/aromatic N) is 2. The molecule has 0 bridgehead atoms. The summed E-state index contributed by atoms with van der Waals surface area (Å²) in [4.78, 5) is 8.27. The molecule has 1 N–H and O–H groups in total. The van der Waals surface area contributed by atoms with Crippen LogP contribution in [0.5, 0.6) is 0 Å². The maximum Gasteiger partial charge on any atom is 0.130 e. The molecule has 1 aromatic heterocycles. The van der Waals surface area contributed by atoms with Gasteiger partial charge in [0, 0.05) is 11.8 Å². The zero-order valence-electron chi connectivity index (χ0n) is 10.2. The summed E-state index contributed by atoms with van der Waals surface area (Å²) in [6, 6.07) is 7.15. The Morgan fingerprint density at radius 3 is 3.00 bits per heavy atom. The van der Waals surface area contributed by atoms with E-state index in [4.69, 9.17) is 0 Å².